The summed E-state index contributed by atoms with van der Waals surface area (Å²) in [5.41, 5.74) is 3.46. The molecule has 0 bridgehead atoms. The van der Waals surface area contributed by atoms with Gasteiger partial charge < -0.3 is 15.0 Å². The third-order valence-electron chi connectivity index (χ3n) is 4.96. The second-order valence-electron chi connectivity index (χ2n) is 6.87. The summed E-state index contributed by atoms with van der Waals surface area (Å²) >= 11 is 0. The Morgan fingerprint density at radius 3 is 3.12 bits per heavy atom. The highest BCUT2D eigenvalue weighted by Gasteiger charge is 2.27. The maximum Gasteiger partial charge on any atom is 0.253 e. The van der Waals surface area contributed by atoms with Crippen molar-refractivity contribution < 1.29 is 9.90 Å². The van der Waals surface area contributed by atoms with Crippen molar-refractivity contribution >= 4 is 16.9 Å². The van der Waals surface area contributed by atoms with E-state index in [1.807, 2.05) is 42.3 Å². The van der Waals surface area contributed by atoms with Crippen LogP contribution >= 0.6 is 0 Å². The number of nitrogens with one attached hydrogen (secondary N) is 1. The molecule has 2 aromatic heterocycles. The van der Waals surface area contributed by atoms with Gasteiger partial charge in [0.05, 0.1) is 29.9 Å². The quantitative estimate of drug-likeness (QED) is 0.752. The van der Waals surface area contributed by atoms with Gasteiger partial charge in [-0.1, -0.05) is 0 Å². The third kappa shape index (κ3) is 3.22. The molecule has 3 aromatic rings. The Kier molecular flexibility index (Phi) is 4.46. The standard InChI is InChI=1S/C19H23N5O2/c1-13-20-17-5-4-14(11-18(17)21-13)19(26)23-7-2-3-15(12-23)16-6-8-24(22-16)9-10-25/h4-6,8,11,15,25H,2-3,7,9-10,12H2,1H3,(H,20,21). The van der Waals surface area contributed by atoms with Crippen LogP contribution in [-0.4, -0.2) is 55.4 Å². The average Bonchev–Trinajstić information content (AvgIpc) is 3.26. The fraction of sp³-hybridized carbons (Fsp3) is 0.421. The van der Waals surface area contributed by atoms with Crippen LogP contribution in [0.15, 0.2) is 30.5 Å². The maximum absolute atomic E-state index is 13.0. The molecule has 1 saturated heterocycles. The zero-order valence-electron chi connectivity index (χ0n) is 14.9. The summed E-state index contributed by atoms with van der Waals surface area (Å²) in [7, 11) is 0. The van der Waals surface area contributed by atoms with Gasteiger partial charge in [-0.2, -0.15) is 5.10 Å². The van der Waals surface area contributed by atoms with E-state index in [-0.39, 0.29) is 18.4 Å². The zero-order chi connectivity index (χ0) is 18.1. The molecule has 1 amide bonds. The van der Waals surface area contributed by atoms with E-state index in [1.165, 1.54) is 0 Å². The molecule has 1 fully saturated rings. The second-order valence-corrected chi connectivity index (χ2v) is 6.87. The van der Waals surface area contributed by atoms with Crippen LogP contribution < -0.4 is 0 Å². The van der Waals surface area contributed by atoms with Gasteiger partial charge in [-0.25, -0.2) is 4.98 Å². The van der Waals surface area contributed by atoms with E-state index < -0.39 is 0 Å². The number of hydrogen-bond donors (Lipinski definition) is 2. The van der Waals surface area contributed by atoms with Crippen molar-refractivity contribution in [1.29, 1.82) is 0 Å². The van der Waals surface area contributed by atoms with Crippen LogP contribution in [0.2, 0.25) is 0 Å². The molecule has 1 aromatic carbocycles. The summed E-state index contributed by atoms with van der Waals surface area (Å²) in [6.07, 6.45) is 3.88. The number of rotatable bonds is 4. The highest BCUT2D eigenvalue weighted by atomic mass is 16.3. The van der Waals surface area contributed by atoms with Crippen molar-refractivity contribution in [2.75, 3.05) is 19.7 Å². The van der Waals surface area contributed by atoms with Crippen LogP contribution in [0, 0.1) is 6.92 Å². The lowest BCUT2D eigenvalue weighted by Crippen LogP contribution is -2.39. The summed E-state index contributed by atoms with van der Waals surface area (Å²) < 4.78 is 1.75. The molecule has 3 heterocycles. The zero-order valence-corrected chi connectivity index (χ0v) is 14.9. The van der Waals surface area contributed by atoms with Crippen molar-refractivity contribution in [3.8, 4) is 0 Å². The number of fused-ring (bicyclic) bond motifs is 1. The summed E-state index contributed by atoms with van der Waals surface area (Å²) in [6, 6.07) is 7.62. The minimum absolute atomic E-state index is 0.0543. The Hall–Kier alpha value is -2.67. The van der Waals surface area contributed by atoms with Crippen molar-refractivity contribution in [2.45, 2.75) is 32.2 Å². The van der Waals surface area contributed by atoms with Crippen molar-refractivity contribution in [2.24, 2.45) is 0 Å². The molecule has 0 aliphatic carbocycles. The molecule has 7 nitrogen and oxygen atoms in total. The Morgan fingerprint density at radius 2 is 2.27 bits per heavy atom. The van der Waals surface area contributed by atoms with Crippen molar-refractivity contribution in [1.82, 2.24) is 24.6 Å². The Morgan fingerprint density at radius 1 is 1.38 bits per heavy atom. The minimum atomic E-state index is 0.0543. The van der Waals surface area contributed by atoms with Gasteiger partial charge in [0.25, 0.3) is 5.91 Å². The van der Waals surface area contributed by atoms with Gasteiger partial charge in [-0.15, -0.1) is 0 Å². The number of benzene rings is 1. The molecule has 136 valence electrons. The number of aryl methyl sites for hydroxylation is 1. The smallest absolute Gasteiger partial charge is 0.253 e. The fourth-order valence-electron chi connectivity index (χ4n) is 3.68. The first kappa shape index (κ1) is 16.8. The number of carbonyl (C=O) groups excluding carboxylic acids is 1. The molecule has 7 heteroatoms. The highest BCUT2D eigenvalue weighted by molar-refractivity contribution is 5.97. The van der Waals surface area contributed by atoms with Crippen LogP contribution in [0.5, 0.6) is 0 Å². The lowest BCUT2D eigenvalue weighted by Gasteiger charge is -2.32. The number of hydrogen-bond acceptors (Lipinski definition) is 4. The average molecular weight is 353 g/mol. The number of piperidine rings is 1. The molecular weight excluding hydrogens is 330 g/mol. The number of aliphatic hydroxyl groups is 1. The molecule has 1 unspecified atom stereocenters. The SMILES string of the molecule is Cc1nc2ccc(C(=O)N3CCCC(c4ccn(CCO)n4)C3)cc2[nH]1. The predicted molar refractivity (Wildman–Crippen MR) is 98.0 cm³/mol. The number of aromatic amines is 1. The summed E-state index contributed by atoms with van der Waals surface area (Å²) in [5, 5.41) is 13.6. The van der Waals surface area contributed by atoms with Crippen LogP contribution in [0.4, 0.5) is 0 Å². The molecule has 2 N–H and O–H groups in total. The Bertz CT molecular complexity index is 929. The van der Waals surface area contributed by atoms with E-state index in [2.05, 4.69) is 15.1 Å². The number of aromatic nitrogens is 4. The Balaban J connectivity index is 1.51. The van der Waals surface area contributed by atoms with Crippen LogP contribution in [0.1, 0.15) is 40.6 Å². The lowest BCUT2D eigenvalue weighted by atomic mass is 9.94. The first-order valence-corrected chi connectivity index (χ1v) is 9.04. The number of imidazole rings is 1. The number of amides is 1. The number of H-pyrrole nitrogens is 1. The maximum atomic E-state index is 13.0. The molecule has 1 atom stereocenters. The summed E-state index contributed by atoms with van der Waals surface area (Å²) in [6.45, 7) is 3.93. The van der Waals surface area contributed by atoms with Gasteiger partial charge in [0, 0.05) is 30.8 Å². The highest BCUT2D eigenvalue weighted by Crippen LogP contribution is 2.27. The van der Waals surface area contributed by atoms with Crippen molar-refractivity contribution in [3.63, 3.8) is 0 Å². The molecule has 4 rings (SSSR count). The van der Waals surface area contributed by atoms with E-state index in [4.69, 9.17) is 5.11 Å². The number of carbonyl (C=O) groups is 1. The molecule has 0 saturated carbocycles. The van der Waals surface area contributed by atoms with Gasteiger partial charge >= 0.3 is 0 Å². The van der Waals surface area contributed by atoms with Gasteiger partial charge in [-0.3, -0.25) is 9.48 Å². The van der Waals surface area contributed by atoms with E-state index >= 15 is 0 Å². The molecular formula is C19H23N5O2. The van der Waals surface area contributed by atoms with Gasteiger partial charge in [-0.05, 0) is 44.0 Å². The largest absolute Gasteiger partial charge is 0.394 e. The molecule has 1 aliphatic rings. The topological polar surface area (TPSA) is 87.0 Å². The first-order valence-electron chi connectivity index (χ1n) is 9.04. The number of nitrogens with zero attached hydrogens (tertiary/aromatic N) is 4. The second kappa shape index (κ2) is 6.92. The fourth-order valence-corrected chi connectivity index (χ4v) is 3.68. The normalized spacial score (nSPS) is 17.8. The minimum Gasteiger partial charge on any atom is -0.394 e. The predicted octanol–water partition coefficient (Wildman–Crippen LogP) is 2.08. The van der Waals surface area contributed by atoms with E-state index in [9.17, 15) is 4.79 Å². The third-order valence-corrected chi connectivity index (χ3v) is 4.96. The summed E-state index contributed by atoms with van der Waals surface area (Å²) in [5.74, 6) is 1.14. The molecule has 0 spiro atoms. The van der Waals surface area contributed by atoms with Crippen LogP contribution in [0.25, 0.3) is 11.0 Å². The van der Waals surface area contributed by atoms with E-state index in [0.717, 1.165) is 41.9 Å². The summed E-state index contributed by atoms with van der Waals surface area (Å²) in [4.78, 5) is 22.5. The monoisotopic (exact) mass is 353 g/mol. The first-order chi connectivity index (χ1) is 12.6. The molecule has 0 radical (unpaired) electrons. The van der Waals surface area contributed by atoms with Crippen LogP contribution in [0.3, 0.4) is 0 Å². The molecule has 26 heavy (non-hydrogen) atoms. The Labute approximate surface area is 151 Å². The van der Waals surface area contributed by atoms with Gasteiger partial charge in [0.1, 0.15) is 5.82 Å². The van der Waals surface area contributed by atoms with Crippen molar-refractivity contribution in [3.05, 3.63) is 47.5 Å². The lowest BCUT2D eigenvalue weighted by molar-refractivity contribution is 0.0706. The molecule has 1 aliphatic heterocycles. The van der Waals surface area contributed by atoms with E-state index in [0.29, 0.717) is 18.7 Å². The van der Waals surface area contributed by atoms with E-state index in [1.54, 1.807) is 4.68 Å². The number of likely N-dealkylation sites (tertiary alicyclic amines) is 1. The number of aliphatic hydroxyl groups excluding tert-OH is 1. The van der Waals surface area contributed by atoms with Gasteiger partial charge in [0.2, 0.25) is 0 Å². The van der Waals surface area contributed by atoms with Gasteiger partial charge in [0.15, 0.2) is 0 Å². The van der Waals surface area contributed by atoms with Crippen LogP contribution in [-0.2, 0) is 6.54 Å².